The fourth-order valence-electron chi connectivity index (χ4n) is 2.35. The number of carbonyl (C=O) groups excluding carboxylic acids is 1. The minimum atomic E-state index is -0.165. The molecule has 0 saturated carbocycles. The van der Waals surface area contributed by atoms with Crippen molar-refractivity contribution in [3.63, 3.8) is 0 Å². The lowest BCUT2D eigenvalue weighted by Crippen LogP contribution is -2.35. The normalized spacial score (nSPS) is 17.7. The molecule has 1 saturated heterocycles. The summed E-state index contributed by atoms with van der Waals surface area (Å²) in [6.07, 6.45) is 2.82. The molecule has 3 heteroatoms. The van der Waals surface area contributed by atoms with Gasteiger partial charge in [-0.3, -0.25) is 0 Å². The van der Waals surface area contributed by atoms with Crippen molar-refractivity contribution in [2.75, 3.05) is 20.1 Å². The molecule has 0 spiro atoms. The Hall–Kier alpha value is -1.35. The van der Waals surface area contributed by atoms with Crippen LogP contribution in [-0.4, -0.2) is 37.1 Å². The predicted octanol–water partition coefficient (Wildman–Crippen LogP) is 2.50. The Kier molecular flexibility index (Phi) is 4.37. The Morgan fingerprint density at radius 2 is 2.00 bits per heavy atom. The van der Waals surface area contributed by atoms with E-state index in [9.17, 15) is 4.79 Å². The molecule has 18 heavy (non-hydrogen) atoms. The van der Waals surface area contributed by atoms with E-state index >= 15 is 0 Å². The number of ether oxygens (including phenoxy) is 1. The molecule has 0 amide bonds. The van der Waals surface area contributed by atoms with E-state index in [1.807, 2.05) is 24.3 Å². The number of aryl methyl sites for hydroxylation is 1. The zero-order valence-corrected chi connectivity index (χ0v) is 11.2. The van der Waals surface area contributed by atoms with Crippen LogP contribution in [0.5, 0.6) is 0 Å². The van der Waals surface area contributed by atoms with Gasteiger partial charge in [0.25, 0.3) is 0 Å². The van der Waals surface area contributed by atoms with Gasteiger partial charge in [-0.05, 0) is 37.9 Å². The highest BCUT2D eigenvalue weighted by Crippen LogP contribution is 2.17. The van der Waals surface area contributed by atoms with Gasteiger partial charge in [-0.1, -0.05) is 25.1 Å². The standard InChI is InChI=1S/C15H21NO2/c1-3-12-6-4-5-7-14(12)15(17)18-13-8-10-16(2)11-9-13/h4-7,13H,3,8-11H2,1-2H3. The molecule has 0 aliphatic carbocycles. The van der Waals surface area contributed by atoms with Crippen LogP contribution in [0.25, 0.3) is 0 Å². The van der Waals surface area contributed by atoms with E-state index in [-0.39, 0.29) is 12.1 Å². The van der Waals surface area contributed by atoms with Crippen molar-refractivity contribution < 1.29 is 9.53 Å². The first-order chi connectivity index (χ1) is 8.70. The summed E-state index contributed by atoms with van der Waals surface area (Å²) in [6.45, 7) is 4.07. The lowest BCUT2D eigenvalue weighted by molar-refractivity contribution is 0.0138. The second kappa shape index (κ2) is 6.01. The molecule has 0 unspecified atom stereocenters. The van der Waals surface area contributed by atoms with Crippen LogP contribution >= 0.6 is 0 Å². The van der Waals surface area contributed by atoms with E-state index in [0.717, 1.165) is 43.5 Å². The summed E-state index contributed by atoms with van der Waals surface area (Å²) in [5.41, 5.74) is 1.79. The highest BCUT2D eigenvalue weighted by Gasteiger charge is 2.21. The average molecular weight is 247 g/mol. The maximum absolute atomic E-state index is 12.1. The minimum Gasteiger partial charge on any atom is -0.459 e. The van der Waals surface area contributed by atoms with Gasteiger partial charge in [0.15, 0.2) is 0 Å². The Morgan fingerprint density at radius 3 is 2.67 bits per heavy atom. The highest BCUT2D eigenvalue weighted by atomic mass is 16.5. The third kappa shape index (κ3) is 3.10. The molecule has 1 aliphatic rings. The number of hydrogen-bond acceptors (Lipinski definition) is 3. The summed E-state index contributed by atoms with van der Waals surface area (Å²) in [5.74, 6) is -0.165. The van der Waals surface area contributed by atoms with Gasteiger partial charge in [-0.2, -0.15) is 0 Å². The smallest absolute Gasteiger partial charge is 0.338 e. The molecule has 0 radical (unpaired) electrons. The van der Waals surface area contributed by atoms with Gasteiger partial charge in [0, 0.05) is 13.1 Å². The third-order valence-electron chi connectivity index (χ3n) is 3.56. The molecule has 98 valence electrons. The van der Waals surface area contributed by atoms with Gasteiger partial charge in [0.2, 0.25) is 0 Å². The lowest BCUT2D eigenvalue weighted by atomic mass is 10.0. The Balaban J connectivity index is 1.99. The second-order valence-corrected chi connectivity index (χ2v) is 4.92. The molecule has 0 aromatic heterocycles. The van der Waals surface area contributed by atoms with Gasteiger partial charge >= 0.3 is 5.97 Å². The molecule has 0 N–H and O–H groups in total. The monoisotopic (exact) mass is 247 g/mol. The van der Waals surface area contributed by atoms with Crippen LogP contribution in [0.2, 0.25) is 0 Å². The van der Waals surface area contributed by atoms with Crippen molar-refractivity contribution in [3.8, 4) is 0 Å². The van der Waals surface area contributed by atoms with Crippen LogP contribution in [0.15, 0.2) is 24.3 Å². The van der Waals surface area contributed by atoms with Crippen molar-refractivity contribution in [1.29, 1.82) is 0 Å². The molecule has 3 nitrogen and oxygen atoms in total. The fourth-order valence-corrected chi connectivity index (χ4v) is 2.35. The molecule has 2 rings (SSSR count). The van der Waals surface area contributed by atoms with Crippen molar-refractivity contribution in [1.82, 2.24) is 4.90 Å². The van der Waals surface area contributed by atoms with Crippen LogP contribution in [-0.2, 0) is 11.2 Å². The molecule has 1 heterocycles. The van der Waals surface area contributed by atoms with E-state index in [4.69, 9.17) is 4.74 Å². The lowest BCUT2D eigenvalue weighted by Gasteiger charge is -2.28. The van der Waals surface area contributed by atoms with Crippen LogP contribution in [0.1, 0.15) is 35.7 Å². The molecule has 0 bridgehead atoms. The summed E-state index contributed by atoms with van der Waals surface area (Å²) < 4.78 is 5.60. The predicted molar refractivity (Wildman–Crippen MR) is 71.8 cm³/mol. The number of benzene rings is 1. The SMILES string of the molecule is CCc1ccccc1C(=O)OC1CCN(C)CC1. The summed E-state index contributed by atoms with van der Waals surface area (Å²) in [6, 6.07) is 7.71. The summed E-state index contributed by atoms with van der Waals surface area (Å²) in [5, 5.41) is 0. The van der Waals surface area contributed by atoms with Crippen molar-refractivity contribution in [2.24, 2.45) is 0 Å². The Labute approximate surface area is 109 Å². The fraction of sp³-hybridized carbons (Fsp3) is 0.533. The van der Waals surface area contributed by atoms with E-state index in [1.54, 1.807) is 0 Å². The summed E-state index contributed by atoms with van der Waals surface area (Å²) in [7, 11) is 2.10. The van der Waals surface area contributed by atoms with Crippen LogP contribution in [0, 0.1) is 0 Å². The van der Waals surface area contributed by atoms with Crippen molar-refractivity contribution in [2.45, 2.75) is 32.3 Å². The topological polar surface area (TPSA) is 29.5 Å². The molecule has 1 aromatic rings. The van der Waals surface area contributed by atoms with E-state index in [2.05, 4.69) is 18.9 Å². The number of rotatable bonds is 3. The number of likely N-dealkylation sites (tertiary alicyclic amines) is 1. The first-order valence-corrected chi connectivity index (χ1v) is 6.68. The zero-order chi connectivity index (χ0) is 13.0. The maximum Gasteiger partial charge on any atom is 0.338 e. The highest BCUT2D eigenvalue weighted by molar-refractivity contribution is 5.91. The first-order valence-electron chi connectivity index (χ1n) is 6.68. The van der Waals surface area contributed by atoms with E-state index in [1.165, 1.54) is 0 Å². The summed E-state index contributed by atoms with van der Waals surface area (Å²) >= 11 is 0. The number of hydrogen-bond donors (Lipinski definition) is 0. The summed E-state index contributed by atoms with van der Waals surface area (Å²) in [4.78, 5) is 14.4. The van der Waals surface area contributed by atoms with E-state index < -0.39 is 0 Å². The molecule has 1 aliphatic heterocycles. The molecule has 1 aromatic carbocycles. The first kappa shape index (κ1) is 13.1. The van der Waals surface area contributed by atoms with Gasteiger partial charge in [-0.15, -0.1) is 0 Å². The van der Waals surface area contributed by atoms with Gasteiger partial charge < -0.3 is 9.64 Å². The second-order valence-electron chi connectivity index (χ2n) is 4.92. The quantitative estimate of drug-likeness (QED) is 0.769. The van der Waals surface area contributed by atoms with Gasteiger partial charge in [-0.25, -0.2) is 4.79 Å². The number of esters is 1. The zero-order valence-electron chi connectivity index (χ0n) is 11.2. The number of carbonyl (C=O) groups is 1. The third-order valence-corrected chi connectivity index (χ3v) is 3.56. The number of nitrogens with zero attached hydrogens (tertiary/aromatic N) is 1. The Bertz CT molecular complexity index is 409. The largest absolute Gasteiger partial charge is 0.459 e. The molecule has 0 atom stereocenters. The maximum atomic E-state index is 12.1. The average Bonchev–Trinajstić information content (AvgIpc) is 2.41. The van der Waals surface area contributed by atoms with Crippen LogP contribution < -0.4 is 0 Å². The molecular weight excluding hydrogens is 226 g/mol. The van der Waals surface area contributed by atoms with Crippen molar-refractivity contribution >= 4 is 5.97 Å². The molecular formula is C15H21NO2. The molecule has 1 fully saturated rings. The van der Waals surface area contributed by atoms with E-state index in [0.29, 0.717) is 0 Å². The minimum absolute atomic E-state index is 0.0820. The van der Waals surface area contributed by atoms with Crippen LogP contribution in [0.3, 0.4) is 0 Å². The Morgan fingerprint density at radius 1 is 1.33 bits per heavy atom. The van der Waals surface area contributed by atoms with Gasteiger partial charge in [0.1, 0.15) is 6.10 Å². The number of piperidine rings is 1. The van der Waals surface area contributed by atoms with Crippen LogP contribution in [0.4, 0.5) is 0 Å². The van der Waals surface area contributed by atoms with Crippen molar-refractivity contribution in [3.05, 3.63) is 35.4 Å². The van der Waals surface area contributed by atoms with Gasteiger partial charge in [0.05, 0.1) is 5.56 Å².